The Labute approximate surface area is 143 Å². The molecule has 0 unspecified atom stereocenters. The average Bonchev–Trinajstić information content (AvgIpc) is 3.00. The molecule has 0 atom stereocenters. The molecule has 0 fully saturated rings. The zero-order chi connectivity index (χ0) is 19.1. The molecule has 1 aromatic carbocycles. The van der Waals surface area contributed by atoms with E-state index in [9.17, 15) is 26.0 Å². The lowest BCUT2D eigenvalue weighted by molar-refractivity contribution is -0.144. The van der Waals surface area contributed by atoms with E-state index < -0.39 is 32.8 Å². The van der Waals surface area contributed by atoms with Crippen LogP contribution in [0.15, 0.2) is 47.5 Å². The van der Waals surface area contributed by atoms with Gasteiger partial charge in [0.1, 0.15) is 10.7 Å². The Hall–Kier alpha value is -2.86. The number of nitrogens with zero attached hydrogens (tertiary/aromatic N) is 4. The highest BCUT2D eigenvalue weighted by Gasteiger charge is 2.37. The van der Waals surface area contributed by atoms with Crippen LogP contribution in [0.3, 0.4) is 0 Å². The first-order valence-electron chi connectivity index (χ1n) is 6.80. The normalized spacial score (nSPS) is 12.3. The van der Waals surface area contributed by atoms with E-state index >= 15 is 0 Å². The first-order valence-corrected chi connectivity index (χ1v) is 8.24. The van der Waals surface area contributed by atoms with Crippen molar-refractivity contribution in [3.63, 3.8) is 0 Å². The van der Waals surface area contributed by atoms with Crippen LogP contribution in [0.2, 0.25) is 0 Å². The molecule has 136 valence electrons. The first-order chi connectivity index (χ1) is 12.1. The van der Waals surface area contributed by atoms with Crippen LogP contribution < -0.4 is 0 Å². The highest BCUT2D eigenvalue weighted by Crippen LogP contribution is 2.30. The van der Waals surface area contributed by atoms with Gasteiger partial charge in [0.25, 0.3) is 15.9 Å². The minimum atomic E-state index is -4.84. The number of benzene rings is 1. The summed E-state index contributed by atoms with van der Waals surface area (Å²) in [5.74, 6) is -2.49. The molecule has 0 amide bonds. The summed E-state index contributed by atoms with van der Waals surface area (Å²) in [7, 11) is -4.52. The summed E-state index contributed by atoms with van der Waals surface area (Å²) in [5.41, 5.74) is 0.134. The lowest BCUT2D eigenvalue weighted by Gasteiger charge is -2.05. The monoisotopic (exact) mass is 388 g/mol. The van der Waals surface area contributed by atoms with Crippen LogP contribution in [0.4, 0.5) is 17.6 Å². The second-order valence-electron chi connectivity index (χ2n) is 5.00. The summed E-state index contributed by atoms with van der Waals surface area (Å²) >= 11 is 0. The Balaban J connectivity index is 2.16. The van der Waals surface area contributed by atoms with Gasteiger partial charge in [-0.15, -0.1) is 5.10 Å². The average molecular weight is 388 g/mol. The molecule has 1 N–H and O–H groups in total. The van der Waals surface area contributed by atoms with Crippen LogP contribution in [0.1, 0.15) is 5.82 Å². The van der Waals surface area contributed by atoms with Gasteiger partial charge in [-0.2, -0.15) is 26.3 Å². The van der Waals surface area contributed by atoms with Gasteiger partial charge in [-0.25, -0.2) is 14.4 Å². The van der Waals surface area contributed by atoms with Gasteiger partial charge < -0.3 is 0 Å². The summed E-state index contributed by atoms with van der Waals surface area (Å²) in [6.45, 7) is 0. The molecular weight excluding hydrogens is 380 g/mol. The van der Waals surface area contributed by atoms with Gasteiger partial charge in [-0.3, -0.25) is 4.55 Å². The molecule has 0 radical (unpaired) electrons. The second-order valence-corrected chi connectivity index (χ2v) is 6.42. The highest BCUT2D eigenvalue weighted by atomic mass is 32.2. The third kappa shape index (κ3) is 3.55. The third-order valence-electron chi connectivity index (χ3n) is 3.20. The molecule has 12 heteroatoms. The maximum atomic E-state index is 13.1. The molecule has 0 saturated carbocycles. The van der Waals surface area contributed by atoms with Crippen LogP contribution in [0, 0.1) is 5.82 Å². The van der Waals surface area contributed by atoms with Gasteiger partial charge in [0.15, 0.2) is 11.6 Å². The molecule has 0 spiro atoms. The molecule has 3 rings (SSSR count). The molecule has 0 aliphatic rings. The van der Waals surface area contributed by atoms with Crippen molar-refractivity contribution in [3.05, 3.63) is 54.2 Å². The molecular formula is C14H8F4N4O3S. The van der Waals surface area contributed by atoms with Crippen molar-refractivity contribution in [1.82, 2.24) is 19.7 Å². The smallest absolute Gasteiger partial charge is 0.282 e. The standard InChI is InChI=1S/C14H8F4N4O3S/c15-9-3-1-8(2-4-9)12-20-13(14(16,17)18)21-22(12)11-6-5-10(7-19-11)26(23,24)25/h1-7H,(H,23,24,25). The molecule has 2 aromatic heterocycles. The van der Waals surface area contributed by atoms with Crippen molar-refractivity contribution >= 4 is 10.1 Å². The van der Waals surface area contributed by atoms with E-state index in [1.54, 1.807) is 0 Å². The van der Waals surface area contributed by atoms with Gasteiger partial charge in [0.05, 0.1) is 6.20 Å². The van der Waals surface area contributed by atoms with E-state index in [1.807, 2.05) is 0 Å². The van der Waals surface area contributed by atoms with Crippen molar-refractivity contribution in [2.45, 2.75) is 11.1 Å². The van der Waals surface area contributed by atoms with Crippen molar-refractivity contribution in [1.29, 1.82) is 0 Å². The van der Waals surface area contributed by atoms with Gasteiger partial charge in [-0.1, -0.05) is 0 Å². The number of halogens is 4. The maximum Gasteiger partial charge on any atom is 0.453 e. The Bertz CT molecular complexity index is 1050. The summed E-state index contributed by atoms with van der Waals surface area (Å²) < 4.78 is 83.7. The van der Waals surface area contributed by atoms with Gasteiger partial charge in [0.2, 0.25) is 0 Å². The zero-order valence-electron chi connectivity index (χ0n) is 12.5. The topological polar surface area (TPSA) is 98.0 Å². The minimum Gasteiger partial charge on any atom is -0.282 e. The fourth-order valence-corrected chi connectivity index (χ4v) is 2.45. The maximum absolute atomic E-state index is 13.1. The largest absolute Gasteiger partial charge is 0.453 e. The number of rotatable bonds is 3. The van der Waals surface area contributed by atoms with E-state index in [-0.39, 0.29) is 17.2 Å². The number of hydrogen-bond donors (Lipinski definition) is 1. The quantitative estimate of drug-likeness (QED) is 0.547. The van der Waals surface area contributed by atoms with Crippen LogP contribution in [-0.2, 0) is 16.3 Å². The van der Waals surface area contributed by atoms with Crippen molar-refractivity contribution in [3.8, 4) is 17.2 Å². The SMILES string of the molecule is O=S(=O)(O)c1ccc(-n2nc(C(F)(F)F)nc2-c2ccc(F)cc2)nc1. The molecule has 0 saturated heterocycles. The summed E-state index contributed by atoms with van der Waals surface area (Å²) in [4.78, 5) is 6.58. The molecule has 0 aliphatic heterocycles. The fraction of sp³-hybridized carbons (Fsp3) is 0.0714. The first kappa shape index (κ1) is 17.9. The molecule has 3 aromatic rings. The Kier molecular flexibility index (Phi) is 4.24. The van der Waals surface area contributed by atoms with E-state index in [2.05, 4.69) is 15.1 Å². The fourth-order valence-electron chi connectivity index (χ4n) is 2.03. The summed E-state index contributed by atoms with van der Waals surface area (Å²) in [6, 6.07) is 6.49. The number of alkyl halides is 3. The molecule has 0 aliphatic carbocycles. The Morgan fingerprint density at radius 1 is 1.04 bits per heavy atom. The van der Waals surface area contributed by atoms with Crippen LogP contribution in [0.5, 0.6) is 0 Å². The van der Waals surface area contributed by atoms with Crippen molar-refractivity contribution in [2.24, 2.45) is 0 Å². The Morgan fingerprint density at radius 2 is 1.69 bits per heavy atom. The predicted octanol–water partition coefficient (Wildman–Crippen LogP) is 2.73. The van der Waals surface area contributed by atoms with Gasteiger partial charge >= 0.3 is 6.18 Å². The summed E-state index contributed by atoms with van der Waals surface area (Å²) in [5, 5.41) is 3.35. The lowest BCUT2D eigenvalue weighted by atomic mass is 10.2. The van der Waals surface area contributed by atoms with Crippen LogP contribution in [0.25, 0.3) is 17.2 Å². The summed E-state index contributed by atoms with van der Waals surface area (Å²) in [6.07, 6.45) is -4.08. The molecule has 2 heterocycles. The minimum absolute atomic E-state index is 0.134. The highest BCUT2D eigenvalue weighted by molar-refractivity contribution is 7.85. The van der Waals surface area contributed by atoms with E-state index in [0.29, 0.717) is 0 Å². The Morgan fingerprint density at radius 3 is 2.19 bits per heavy atom. The zero-order valence-corrected chi connectivity index (χ0v) is 13.3. The number of hydrogen-bond acceptors (Lipinski definition) is 5. The predicted molar refractivity (Wildman–Crippen MR) is 79.4 cm³/mol. The molecule has 0 bridgehead atoms. The lowest BCUT2D eigenvalue weighted by Crippen LogP contribution is -2.09. The van der Waals surface area contributed by atoms with Crippen LogP contribution >= 0.6 is 0 Å². The van der Waals surface area contributed by atoms with Gasteiger partial charge in [0, 0.05) is 5.56 Å². The van der Waals surface area contributed by atoms with E-state index in [1.165, 1.54) is 12.1 Å². The number of aromatic nitrogens is 4. The van der Waals surface area contributed by atoms with Crippen LogP contribution in [-0.4, -0.2) is 32.7 Å². The van der Waals surface area contributed by atoms with Gasteiger partial charge in [-0.05, 0) is 36.4 Å². The molecule has 7 nitrogen and oxygen atoms in total. The molecule has 26 heavy (non-hydrogen) atoms. The number of pyridine rings is 1. The second kappa shape index (κ2) is 6.14. The van der Waals surface area contributed by atoms with Crippen molar-refractivity contribution in [2.75, 3.05) is 0 Å². The van der Waals surface area contributed by atoms with E-state index in [0.717, 1.165) is 35.1 Å². The van der Waals surface area contributed by atoms with E-state index in [4.69, 9.17) is 4.55 Å². The third-order valence-corrected chi connectivity index (χ3v) is 4.04. The van der Waals surface area contributed by atoms with Crippen molar-refractivity contribution < 1.29 is 30.5 Å².